The standard InChI is InChI=1S/C13H12O3/c1-8-2-5-11-9(6-8)3-4-10(13(11)16)7-12(14)15/h2,5-7H,3-4H2,1H3,(H,14,15). The Morgan fingerprint density at radius 1 is 1.38 bits per heavy atom. The van der Waals surface area contributed by atoms with Gasteiger partial charge in [-0.3, -0.25) is 4.79 Å². The van der Waals surface area contributed by atoms with Crippen LogP contribution < -0.4 is 0 Å². The summed E-state index contributed by atoms with van der Waals surface area (Å²) in [7, 11) is 0. The summed E-state index contributed by atoms with van der Waals surface area (Å²) in [5, 5.41) is 8.65. The summed E-state index contributed by atoms with van der Waals surface area (Å²) in [6, 6.07) is 5.65. The first-order chi connectivity index (χ1) is 7.58. The number of fused-ring (bicyclic) bond motifs is 1. The zero-order chi connectivity index (χ0) is 11.7. The highest BCUT2D eigenvalue weighted by Crippen LogP contribution is 2.25. The Morgan fingerprint density at radius 2 is 2.12 bits per heavy atom. The Bertz CT molecular complexity index is 498. The highest BCUT2D eigenvalue weighted by atomic mass is 16.4. The lowest BCUT2D eigenvalue weighted by molar-refractivity contribution is -0.131. The van der Waals surface area contributed by atoms with Crippen LogP contribution in [0.3, 0.4) is 0 Å². The second-order valence-electron chi connectivity index (χ2n) is 4.00. The molecule has 0 heterocycles. The fraction of sp³-hybridized carbons (Fsp3) is 0.231. The smallest absolute Gasteiger partial charge is 0.328 e. The molecule has 0 atom stereocenters. The van der Waals surface area contributed by atoms with Crippen molar-refractivity contribution in [3.8, 4) is 0 Å². The van der Waals surface area contributed by atoms with Crippen LogP contribution in [-0.2, 0) is 11.2 Å². The number of carboxylic acids is 1. The van der Waals surface area contributed by atoms with Gasteiger partial charge >= 0.3 is 5.97 Å². The normalized spacial score (nSPS) is 17.3. The van der Waals surface area contributed by atoms with E-state index in [9.17, 15) is 9.59 Å². The molecule has 82 valence electrons. The Kier molecular flexibility index (Phi) is 2.60. The molecule has 0 radical (unpaired) electrons. The molecule has 0 unspecified atom stereocenters. The van der Waals surface area contributed by atoms with Crippen molar-refractivity contribution in [2.75, 3.05) is 0 Å². The van der Waals surface area contributed by atoms with E-state index in [2.05, 4.69) is 0 Å². The number of Topliss-reactive ketones (excluding diaryl/α,β-unsaturated/α-hetero) is 1. The van der Waals surface area contributed by atoms with Crippen LogP contribution in [0.2, 0.25) is 0 Å². The number of carboxylic acid groups (broad SMARTS) is 1. The van der Waals surface area contributed by atoms with Crippen molar-refractivity contribution >= 4 is 11.8 Å². The van der Waals surface area contributed by atoms with E-state index in [0.29, 0.717) is 17.6 Å². The van der Waals surface area contributed by atoms with Crippen molar-refractivity contribution in [2.45, 2.75) is 19.8 Å². The van der Waals surface area contributed by atoms with Crippen LogP contribution in [0, 0.1) is 6.92 Å². The topological polar surface area (TPSA) is 54.4 Å². The molecule has 0 fully saturated rings. The number of aryl methyl sites for hydroxylation is 2. The van der Waals surface area contributed by atoms with Crippen molar-refractivity contribution in [2.24, 2.45) is 0 Å². The maximum atomic E-state index is 11.9. The lowest BCUT2D eigenvalue weighted by Crippen LogP contribution is -2.15. The van der Waals surface area contributed by atoms with Gasteiger partial charge in [-0.1, -0.05) is 23.8 Å². The largest absolute Gasteiger partial charge is 0.478 e. The maximum Gasteiger partial charge on any atom is 0.328 e. The number of ketones is 1. The molecule has 16 heavy (non-hydrogen) atoms. The average Bonchev–Trinajstić information content (AvgIpc) is 2.22. The van der Waals surface area contributed by atoms with Gasteiger partial charge in [-0.05, 0) is 25.3 Å². The van der Waals surface area contributed by atoms with Gasteiger partial charge in [0.1, 0.15) is 0 Å². The lowest BCUT2D eigenvalue weighted by Gasteiger charge is -2.17. The van der Waals surface area contributed by atoms with Crippen molar-refractivity contribution in [1.82, 2.24) is 0 Å². The number of benzene rings is 1. The van der Waals surface area contributed by atoms with E-state index in [1.807, 2.05) is 19.1 Å². The SMILES string of the molecule is Cc1ccc2c(c1)CCC(=CC(=O)O)C2=O. The predicted molar refractivity (Wildman–Crippen MR) is 59.5 cm³/mol. The van der Waals surface area contributed by atoms with E-state index in [0.717, 1.165) is 23.6 Å². The summed E-state index contributed by atoms with van der Waals surface area (Å²) < 4.78 is 0. The highest BCUT2D eigenvalue weighted by molar-refractivity contribution is 6.12. The number of carbonyl (C=O) groups is 2. The van der Waals surface area contributed by atoms with Gasteiger partial charge in [-0.15, -0.1) is 0 Å². The summed E-state index contributed by atoms with van der Waals surface area (Å²) in [5.74, 6) is -1.21. The predicted octanol–water partition coefficient (Wildman–Crippen LogP) is 2.13. The van der Waals surface area contributed by atoms with Crippen LogP contribution in [0.15, 0.2) is 29.8 Å². The van der Waals surface area contributed by atoms with E-state index >= 15 is 0 Å². The molecule has 2 rings (SSSR count). The summed E-state index contributed by atoms with van der Waals surface area (Å²) in [6.45, 7) is 1.98. The number of hydrogen-bond acceptors (Lipinski definition) is 2. The molecule has 0 spiro atoms. The molecule has 1 aliphatic rings. The summed E-state index contributed by atoms with van der Waals surface area (Å²) >= 11 is 0. The molecule has 1 aromatic rings. The van der Waals surface area contributed by atoms with Gasteiger partial charge in [-0.25, -0.2) is 4.79 Å². The van der Waals surface area contributed by atoms with Gasteiger partial charge in [0.2, 0.25) is 0 Å². The van der Waals surface area contributed by atoms with Crippen LogP contribution in [-0.4, -0.2) is 16.9 Å². The molecule has 0 aromatic heterocycles. The molecule has 0 bridgehead atoms. The first-order valence-electron chi connectivity index (χ1n) is 5.15. The molecular formula is C13H12O3. The van der Waals surface area contributed by atoms with Crippen LogP contribution in [0.5, 0.6) is 0 Å². The maximum absolute atomic E-state index is 11.9. The van der Waals surface area contributed by atoms with Crippen molar-refractivity contribution in [3.05, 3.63) is 46.5 Å². The van der Waals surface area contributed by atoms with Gasteiger partial charge in [0.05, 0.1) is 0 Å². The minimum Gasteiger partial charge on any atom is -0.478 e. The number of carbonyl (C=O) groups excluding carboxylic acids is 1. The van der Waals surface area contributed by atoms with Crippen molar-refractivity contribution in [3.63, 3.8) is 0 Å². The van der Waals surface area contributed by atoms with Crippen LogP contribution in [0.25, 0.3) is 0 Å². The molecule has 0 saturated carbocycles. The fourth-order valence-corrected chi connectivity index (χ4v) is 1.99. The number of rotatable bonds is 1. The Hall–Kier alpha value is -1.90. The monoisotopic (exact) mass is 216 g/mol. The third kappa shape index (κ3) is 1.89. The summed E-state index contributed by atoms with van der Waals surface area (Å²) in [6.07, 6.45) is 2.27. The van der Waals surface area contributed by atoms with E-state index in [-0.39, 0.29) is 5.78 Å². The zero-order valence-electron chi connectivity index (χ0n) is 8.99. The number of allylic oxidation sites excluding steroid dienone is 1. The first kappa shape index (κ1) is 10.6. The fourth-order valence-electron chi connectivity index (χ4n) is 1.99. The molecule has 1 N–H and O–H groups in total. The quantitative estimate of drug-likeness (QED) is 0.731. The zero-order valence-corrected chi connectivity index (χ0v) is 8.99. The van der Waals surface area contributed by atoms with E-state index in [1.54, 1.807) is 6.07 Å². The summed E-state index contributed by atoms with van der Waals surface area (Å²) in [4.78, 5) is 22.5. The van der Waals surface area contributed by atoms with Crippen LogP contribution >= 0.6 is 0 Å². The molecule has 0 amide bonds. The van der Waals surface area contributed by atoms with Gasteiger partial charge in [0, 0.05) is 17.2 Å². The minimum atomic E-state index is -1.06. The van der Waals surface area contributed by atoms with Gasteiger partial charge in [0.25, 0.3) is 0 Å². The second kappa shape index (κ2) is 3.93. The highest BCUT2D eigenvalue weighted by Gasteiger charge is 2.22. The number of aliphatic carboxylic acids is 1. The van der Waals surface area contributed by atoms with Crippen molar-refractivity contribution in [1.29, 1.82) is 0 Å². The van der Waals surface area contributed by atoms with E-state index in [1.165, 1.54) is 0 Å². The average molecular weight is 216 g/mol. The molecule has 0 saturated heterocycles. The third-order valence-electron chi connectivity index (χ3n) is 2.76. The molecule has 1 aromatic carbocycles. The Labute approximate surface area is 93.4 Å². The Morgan fingerprint density at radius 3 is 2.81 bits per heavy atom. The van der Waals surface area contributed by atoms with Crippen LogP contribution in [0.4, 0.5) is 0 Å². The first-order valence-corrected chi connectivity index (χ1v) is 5.15. The number of hydrogen-bond donors (Lipinski definition) is 1. The van der Waals surface area contributed by atoms with Crippen molar-refractivity contribution < 1.29 is 14.7 Å². The molecular weight excluding hydrogens is 204 g/mol. The molecule has 3 nitrogen and oxygen atoms in total. The Balaban J connectivity index is 2.44. The summed E-state index contributed by atoms with van der Waals surface area (Å²) in [5.41, 5.74) is 3.18. The molecule has 3 heteroatoms. The van der Waals surface area contributed by atoms with Gasteiger partial charge in [0.15, 0.2) is 5.78 Å². The second-order valence-corrected chi connectivity index (χ2v) is 4.00. The minimum absolute atomic E-state index is 0.149. The lowest BCUT2D eigenvalue weighted by atomic mass is 9.86. The van der Waals surface area contributed by atoms with E-state index in [4.69, 9.17) is 5.11 Å². The third-order valence-corrected chi connectivity index (χ3v) is 2.76. The van der Waals surface area contributed by atoms with Crippen LogP contribution in [0.1, 0.15) is 27.9 Å². The van der Waals surface area contributed by atoms with E-state index < -0.39 is 5.97 Å². The molecule has 1 aliphatic carbocycles. The molecule has 0 aliphatic heterocycles. The van der Waals surface area contributed by atoms with Gasteiger partial charge in [-0.2, -0.15) is 0 Å². The van der Waals surface area contributed by atoms with Gasteiger partial charge < -0.3 is 5.11 Å².